The molecule has 62 heavy (non-hydrogen) atoms. The van der Waals surface area contributed by atoms with Crippen molar-refractivity contribution in [1.82, 2.24) is 5.32 Å². The Kier molecular flexibility index (Phi) is 39.2. The molecule has 0 aromatic rings. The minimum atomic E-state index is -1.58. The van der Waals surface area contributed by atoms with Crippen LogP contribution in [0.15, 0.2) is 85.1 Å². The summed E-state index contributed by atoms with van der Waals surface area (Å²) in [5.41, 5.74) is 0. The molecule has 356 valence electrons. The first-order valence-electron chi connectivity index (χ1n) is 24.8. The van der Waals surface area contributed by atoms with Crippen molar-refractivity contribution in [2.45, 2.75) is 230 Å². The van der Waals surface area contributed by atoms with Gasteiger partial charge in [0.2, 0.25) is 5.91 Å². The summed E-state index contributed by atoms with van der Waals surface area (Å²) in [6.07, 6.45) is 52.3. The summed E-state index contributed by atoms with van der Waals surface area (Å²) in [6.45, 7) is 3.50. The van der Waals surface area contributed by atoms with Crippen LogP contribution < -0.4 is 5.32 Å². The molecule has 7 unspecified atom stereocenters. The third-order valence-electron chi connectivity index (χ3n) is 11.2. The van der Waals surface area contributed by atoms with Crippen molar-refractivity contribution in [3.8, 4) is 0 Å². The number of hydrogen-bond donors (Lipinski definition) is 6. The standard InChI is InChI=1S/C53H91NO8/c1-3-5-7-9-11-13-15-16-17-18-19-20-21-22-23-24-25-26-27-28-29-30-31-32-33-35-37-39-41-43-49(57)54-46(45-61-53-52(60)51(59)50(58)48(44-55)62-53)47(56)42-40-38-36-34-14-12-10-8-6-4-2/h5-8,11,13-14,16-17,19-20,34,40,42,46-48,50-53,55-56,58-60H,3-4,9-10,12,15,18,21-33,35-39,41,43-45H2,1-2H3,(H,54,57)/b7-5-,8-6+,13-11-,17-16-,20-19-,34-14+,42-40+. The summed E-state index contributed by atoms with van der Waals surface area (Å²) in [7, 11) is 0. The van der Waals surface area contributed by atoms with E-state index in [0.29, 0.717) is 6.42 Å². The zero-order valence-corrected chi connectivity index (χ0v) is 39.1. The van der Waals surface area contributed by atoms with Gasteiger partial charge in [0.15, 0.2) is 6.29 Å². The molecule has 1 rings (SSSR count). The average Bonchev–Trinajstić information content (AvgIpc) is 3.27. The molecule has 0 saturated carbocycles. The molecule has 7 atom stereocenters. The van der Waals surface area contributed by atoms with Gasteiger partial charge in [-0.3, -0.25) is 4.79 Å². The van der Waals surface area contributed by atoms with E-state index >= 15 is 0 Å². The zero-order chi connectivity index (χ0) is 45.1. The Bertz CT molecular complexity index is 1240. The highest BCUT2D eigenvalue weighted by Crippen LogP contribution is 2.22. The number of amides is 1. The monoisotopic (exact) mass is 870 g/mol. The number of aliphatic hydroxyl groups excluding tert-OH is 5. The van der Waals surface area contributed by atoms with Gasteiger partial charge in [0.05, 0.1) is 25.4 Å². The minimum absolute atomic E-state index is 0.197. The highest BCUT2D eigenvalue weighted by atomic mass is 16.7. The second kappa shape index (κ2) is 42.3. The van der Waals surface area contributed by atoms with Crippen molar-refractivity contribution >= 4 is 5.91 Å². The van der Waals surface area contributed by atoms with Crippen LogP contribution in [0.3, 0.4) is 0 Å². The number of nitrogens with one attached hydrogen (secondary N) is 1. The van der Waals surface area contributed by atoms with Crippen LogP contribution >= 0.6 is 0 Å². The fourth-order valence-electron chi connectivity index (χ4n) is 7.30. The number of rotatable bonds is 40. The molecule has 0 radical (unpaired) electrons. The predicted molar refractivity (Wildman–Crippen MR) is 258 cm³/mol. The van der Waals surface area contributed by atoms with E-state index in [1.165, 1.54) is 89.9 Å². The van der Waals surface area contributed by atoms with Crippen LogP contribution in [-0.2, 0) is 14.3 Å². The van der Waals surface area contributed by atoms with Crippen molar-refractivity contribution in [3.05, 3.63) is 85.1 Å². The topological polar surface area (TPSA) is 149 Å². The molecule has 1 aliphatic heterocycles. The van der Waals surface area contributed by atoms with Gasteiger partial charge in [-0.15, -0.1) is 0 Å². The minimum Gasteiger partial charge on any atom is -0.394 e. The van der Waals surface area contributed by atoms with Crippen molar-refractivity contribution in [2.75, 3.05) is 13.2 Å². The Morgan fingerprint density at radius 1 is 0.548 bits per heavy atom. The van der Waals surface area contributed by atoms with Crippen molar-refractivity contribution in [2.24, 2.45) is 0 Å². The zero-order valence-electron chi connectivity index (χ0n) is 39.1. The Hall–Kier alpha value is -2.63. The van der Waals surface area contributed by atoms with Gasteiger partial charge in [-0.25, -0.2) is 0 Å². The van der Waals surface area contributed by atoms with Crippen LogP contribution in [0.1, 0.15) is 187 Å². The number of carbonyl (C=O) groups excluding carboxylic acids is 1. The molecule has 1 amide bonds. The van der Waals surface area contributed by atoms with Crippen LogP contribution in [0.4, 0.5) is 0 Å². The molecule has 1 aliphatic rings. The van der Waals surface area contributed by atoms with Gasteiger partial charge in [0.25, 0.3) is 0 Å². The lowest BCUT2D eigenvalue weighted by atomic mass is 9.99. The van der Waals surface area contributed by atoms with Gasteiger partial charge >= 0.3 is 0 Å². The van der Waals surface area contributed by atoms with E-state index in [1.807, 2.05) is 6.08 Å². The largest absolute Gasteiger partial charge is 0.394 e. The van der Waals surface area contributed by atoms with Gasteiger partial charge in [0, 0.05) is 6.42 Å². The molecule has 0 aromatic carbocycles. The highest BCUT2D eigenvalue weighted by molar-refractivity contribution is 5.76. The predicted octanol–water partition coefficient (Wildman–Crippen LogP) is 11.1. The third kappa shape index (κ3) is 32.1. The van der Waals surface area contributed by atoms with E-state index in [2.05, 4.69) is 92.1 Å². The summed E-state index contributed by atoms with van der Waals surface area (Å²) in [5, 5.41) is 54.1. The fraction of sp³-hybridized carbons (Fsp3) is 0.717. The molecule has 6 N–H and O–H groups in total. The molecule has 0 spiro atoms. The van der Waals surface area contributed by atoms with Gasteiger partial charge in [0.1, 0.15) is 24.4 Å². The summed E-state index contributed by atoms with van der Waals surface area (Å²) in [6, 6.07) is -0.829. The summed E-state index contributed by atoms with van der Waals surface area (Å²) in [5.74, 6) is -0.197. The number of aliphatic hydroxyl groups is 5. The number of allylic oxidation sites excluding steroid dienone is 13. The average molecular weight is 870 g/mol. The molecule has 1 saturated heterocycles. The van der Waals surface area contributed by atoms with E-state index in [4.69, 9.17) is 9.47 Å². The maximum Gasteiger partial charge on any atom is 0.220 e. The Morgan fingerprint density at radius 3 is 1.48 bits per heavy atom. The van der Waals surface area contributed by atoms with E-state index in [-0.39, 0.29) is 12.5 Å². The second-order valence-electron chi connectivity index (χ2n) is 16.8. The number of carbonyl (C=O) groups is 1. The van der Waals surface area contributed by atoms with Gasteiger partial charge in [-0.2, -0.15) is 0 Å². The van der Waals surface area contributed by atoms with Crippen LogP contribution in [-0.4, -0.2) is 87.5 Å². The molecular formula is C53H91NO8. The molecule has 0 aromatic heterocycles. The number of hydrogen-bond acceptors (Lipinski definition) is 8. The first-order valence-corrected chi connectivity index (χ1v) is 24.8. The third-order valence-corrected chi connectivity index (χ3v) is 11.2. The summed E-state index contributed by atoms with van der Waals surface area (Å²) in [4.78, 5) is 13.0. The first-order chi connectivity index (χ1) is 30.3. The lowest BCUT2D eigenvalue weighted by Crippen LogP contribution is -2.60. The van der Waals surface area contributed by atoms with Crippen molar-refractivity contribution < 1.29 is 39.8 Å². The Morgan fingerprint density at radius 2 is 0.968 bits per heavy atom. The first kappa shape index (κ1) is 57.4. The fourth-order valence-corrected chi connectivity index (χ4v) is 7.30. The van der Waals surface area contributed by atoms with E-state index in [0.717, 1.165) is 77.0 Å². The van der Waals surface area contributed by atoms with Crippen LogP contribution in [0, 0.1) is 0 Å². The summed E-state index contributed by atoms with van der Waals surface area (Å²) >= 11 is 0. The number of unbranched alkanes of at least 4 members (excludes halogenated alkanes) is 18. The quantitative estimate of drug-likeness (QED) is 0.0263. The maximum absolute atomic E-state index is 13.0. The smallest absolute Gasteiger partial charge is 0.220 e. The molecule has 1 heterocycles. The van der Waals surface area contributed by atoms with Crippen molar-refractivity contribution in [3.63, 3.8) is 0 Å². The lowest BCUT2D eigenvalue weighted by Gasteiger charge is -2.40. The number of ether oxygens (including phenoxy) is 2. The van der Waals surface area contributed by atoms with Crippen molar-refractivity contribution in [1.29, 1.82) is 0 Å². The molecular weight excluding hydrogens is 779 g/mol. The second-order valence-corrected chi connectivity index (χ2v) is 16.8. The van der Waals surface area contributed by atoms with Gasteiger partial charge < -0.3 is 40.3 Å². The molecule has 0 aliphatic carbocycles. The van der Waals surface area contributed by atoms with E-state index < -0.39 is 49.5 Å². The Balaban J connectivity index is 2.17. The lowest BCUT2D eigenvalue weighted by molar-refractivity contribution is -0.302. The van der Waals surface area contributed by atoms with Gasteiger partial charge in [-0.1, -0.05) is 189 Å². The van der Waals surface area contributed by atoms with Crippen LogP contribution in [0.25, 0.3) is 0 Å². The summed E-state index contributed by atoms with van der Waals surface area (Å²) < 4.78 is 11.2. The van der Waals surface area contributed by atoms with Gasteiger partial charge in [-0.05, 0) is 77.0 Å². The highest BCUT2D eigenvalue weighted by Gasteiger charge is 2.44. The SMILES string of the molecule is CC/C=C\C/C=C\C/C=C\C/C=C\CCCCCCCCCCCCCCCCCCC(=O)NC(COC1OC(CO)C(O)C(O)C1O)C(O)/C=C/CC/C=C/CC/C=C/CC. The molecule has 0 bridgehead atoms. The maximum atomic E-state index is 13.0. The molecule has 1 fully saturated rings. The molecule has 9 heteroatoms. The van der Waals surface area contributed by atoms with E-state index in [1.54, 1.807) is 6.08 Å². The molecule has 9 nitrogen and oxygen atoms in total. The van der Waals surface area contributed by atoms with Crippen LogP contribution in [0.5, 0.6) is 0 Å². The van der Waals surface area contributed by atoms with Crippen LogP contribution in [0.2, 0.25) is 0 Å². The van der Waals surface area contributed by atoms with E-state index in [9.17, 15) is 30.3 Å². The normalized spacial score (nSPS) is 21.0. The Labute approximate surface area is 378 Å².